The Hall–Kier alpha value is -3.34. The number of hydrogen-bond donors (Lipinski definition) is 2. The summed E-state index contributed by atoms with van der Waals surface area (Å²) in [5.41, 5.74) is 1.32. The van der Waals surface area contributed by atoms with E-state index in [0.717, 1.165) is 16.3 Å². The standard InChI is InChI=1S/C20H17NO4/c22-19(23)18(17-11-10-15-8-4-5-9-16(15)12-17)21-20(24)25-13-14-6-2-1-3-7-14/h1-12,18H,13H2,(H,21,24)(H,22,23)/t18-/m1/s1. The number of hydrogen-bond acceptors (Lipinski definition) is 3. The number of aliphatic carboxylic acids is 1. The lowest BCUT2D eigenvalue weighted by molar-refractivity contribution is -0.139. The number of nitrogens with one attached hydrogen (secondary N) is 1. The molecule has 5 heteroatoms. The third-order valence-corrected chi connectivity index (χ3v) is 3.83. The summed E-state index contributed by atoms with van der Waals surface area (Å²) in [5.74, 6) is -1.15. The summed E-state index contributed by atoms with van der Waals surface area (Å²) in [4.78, 5) is 23.5. The van der Waals surface area contributed by atoms with Crippen molar-refractivity contribution in [1.29, 1.82) is 0 Å². The van der Waals surface area contributed by atoms with E-state index in [0.29, 0.717) is 5.56 Å². The van der Waals surface area contributed by atoms with Gasteiger partial charge in [0.1, 0.15) is 6.61 Å². The molecule has 3 aromatic rings. The summed E-state index contributed by atoms with van der Waals surface area (Å²) in [7, 11) is 0. The molecule has 0 aliphatic carbocycles. The summed E-state index contributed by atoms with van der Waals surface area (Å²) in [6.45, 7) is 0.0801. The van der Waals surface area contributed by atoms with Crippen LogP contribution in [0.4, 0.5) is 4.79 Å². The number of carboxylic acids is 1. The molecule has 3 aromatic carbocycles. The number of benzene rings is 3. The van der Waals surface area contributed by atoms with Gasteiger partial charge >= 0.3 is 12.1 Å². The molecular formula is C20H17NO4. The molecule has 0 aromatic heterocycles. The van der Waals surface area contributed by atoms with E-state index in [1.54, 1.807) is 12.1 Å². The minimum absolute atomic E-state index is 0.0801. The molecule has 0 bridgehead atoms. The van der Waals surface area contributed by atoms with Gasteiger partial charge in [-0.05, 0) is 28.0 Å². The lowest BCUT2D eigenvalue weighted by atomic mass is 10.0. The van der Waals surface area contributed by atoms with E-state index in [9.17, 15) is 14.7 Å². The Balaban J connectivity index is 1.71. The fourth-order valence-electron chi connectivity index (χ4n) is 2.56. The molecule has 2 N–H and O–H groups in total. The van der Waals surface area contributed by atoms with E-state index >= 15 is 0 Å². The van der Waals surface area contributed by atoms with Crippen LogP contribution in [0.5, 0.6) is 0 Å². The van der Waals surface area contributed by atoms with Crippen molar-refractivity contribution in [3.63, 3.8) is 0 Å². The smallest absolute Gasteiger partial charge is 0.408 e. The maximum atomic E-state index is 12.0. The first kappa shape index (κ1) is 16.5. The average Bonchev–Trinajstić information content (AvgIpc) is 2.64. The third kappa shape index (κ3) is 4.14. The van der Waals surface area contributed by atoms with Crippen molar-refractivity contribution in [2.75, 3.05) is 0 Å². The lowest BCUT2D eigenvalue weighted by Gasteiger charge is -2.15. The van der Waals surface area contributed by atoms with Crippen molar-refractivity contribution >= 4 is 22.8 Å². The Morgan fingerprint density at radius 1 is 0.920 bits per heavy atom. The second kappa shape index (κ2) is 7.49. The molecular weight excluding hydrogens is 318 g/mol. The van der Waals surface area contributed by atoms with E-state index in [2.05, 4.69) is 5.32 Å². The maximum Gasteiger partial charge on any atom is 0.408 e. The van der Waals surface area contributed by atoms with Crippen LogP contribution in [0.1, 0.15) is 17.2 Å². The molecule has 1 amide bonds. The number of fused-ring (bicyclic) bond motifs is 1. The van der Waals surface area contributed by atoms with Gasteiger partial charge in [0.25, 0.3) is 0 Å². The van der Waals surface area contributed by atoms with Gasteiger partial charge in [0.15, 0.2) is 6.04 Å². The molecule has 0 aliphatic rings. The maximum absolute atomic E-state index is 12.0. The highest BCUT2D eigenvalue weighted by atomic mass is 16.5. The topological polar surface area (TPSA) is 75.6 Å². The second-order valence-corrected chi connectivity index (χ2v) is 5.58. The first-order chi connectivity index (χ1) is 12.1. The number of carbonyl (C=O) groups excluding carboxylic acids is 1. The van der Waals surface area contributed by atoms with Crippen molar-refractivity contribution in [3.8, 4) is 0 Å². The van der Waals surface area contributed by atoms with Gasteiger partial charge in [-0.25, -0.2) is 9.59 Å². The molecule has 5 nitrogen and oxygen atoms in total. The normalized spacial score (nSPS) is 11.7. The van der Waals surface area contributed by atoms with Crippen LogP contribution in [-0.2, 0) is 16.1 Å². The highest BCUT2D eigenvalue weighted by molar-refractivity contribution is 5.86. The first-order valence-electron chi connectivity index (χ1n) is 7.82. The predicted molar refractivity (Wildman–Crippen MR) is 94.1 cm³/mol. The van der Waals surface area contributed by atoms with Gasteiger partial charge < -0.3 is 15.2 Å². The van der Waals surface area contributed by atoms with E-state index in [1.807, 2.05) is 60.7 Å². The number of rotatable bonds is 5. The summed E-state index contributed by atoms with van der Waals surface area (Å²) in [6.07, 6.45) is -0.774. The second-order valence-electron chi connectivity index (χ2n) is 5.58. The monoisotopic (exact) mass is 335 g/mol. The van der Waals surface area contributed by atoms with Gasteiger partial charge in [0.2, 0.25) is 0 Å². The molecule has 0 heterocycles. The van der Waals surface area contributed by atoms with Gasteiger partial charge in [-0.2, -0.15) is 0 Å². The van der Waals surface area contributed by atoms with Crippen LogP contribution in [0, 0.1) is 0 Å². The highest BCUT2D eigenvalue weighted by Crippen LogP contribution is 2.21. The number of carbonyl (C=O) groups is 2. The van der Waals surface area contributed by atoms with Crippen molar-refractivity contribution in [2.45, 2.75) is 12.6 Å². The molecule has 0 aliphatic heterocycles. The van der Waals surface area contributed by atoms with Gasteiger partial charge in [0.05, 0.1) is 0 Å². The molecule has 0 fully saturated rings. The number of ether oxygens (including phenoxy) is 1. The quantitative estimate of drug-likeness (QED) is 0.742. The molecule has 126 valence electrons. The van der Waals surface area contributed by atoms with Crippen LogP contribution in [0.15, 0.2) is 72.8 Å². The third-order valence-electron chi connectivity index (χ3n) is 3.83. The average molecular weight is 335 g/mol. The number of alkyl carbamates (subject to hydrolysis) is 1. The molecule has 0 unspecified atom stereocenters. The Morgan fingerprint density at radius 2 is 1.60 bits per heavy atom. The molecule has 3 rings (SSSR count). The highest BCUT2D eigenvalue weighted by Gasteiger charge is 2.23. The minimum Gasteiger partial charge on any atom is -0.479 e. The minimum atomic E-state index is -1.17. The Kier molecular flexibility index (Phi) is 4.95. The van der Waals surface area contributed by atoms with Crippen LogP contribution in [-0.4, -0.2) is 17.2 Å². The zero-order valence-corrected chi connectivity index (χ0v) is 13.4. The van der Waals surface area contributed by atoms with E-state index in [1.165, 1.54) is 0 Å². The van der Waals surface area contributed by atoms with Crippen LogP contribution in [0.3, 0.4) is 0 Å². The van der Waals surface area contributed by atoms with Crippen molar-refractivity contribution < 1.29 is 19.4 Å². The molecule has 0 radical (unpaired) electrons. The predicted octanol–water partition coefficient (Wildman–Crippen LogP) is 3.89. The molecule has 25 heavy (non-hydrogen) atoms. The van der Waals surface area contributed by atoms with Gasteiger partial charge in [-0.1, -0.05) is 66.7 Å². The lowest BCUT2D eigenvalue weighted by Crippen LogP contribution is -2.34. The largest absolute Gasteiger partial charge is 0.479 e. The first-order valence-corrected chi connectivity index (χ1v) is 7.82. The number of carboxylic acid groups (broad SMARTS) is 1. The van der Waals surface area contributed by atoms with E-state index in [-0.39, 0.29) is 6.61 Å². The molecule has 0 saturated carbocycles. The SMILES string of the molecule is O=C(N[C@@H](C(=O)O)c1ccc2ccccc2c1)OCc1ccccc1. The zero-order valence-electron chi connectivity index (χ0n) is 13.4. The zero-order chi connectivity index (χ0) is 17.6. The van der Waals surface area contributed by atoms with Gasteiger partial charge in [-0.15, -0.1) is 0 Å². The van der Waals surface area contributed by atoms with Crippen LogP contribution >= 0.6 is 0 Å². The summed E-state index contributed by atoms with van der Waals surface area (Å²) < 4.78 is 5.10. The van der Waals surface area contributed by atoms with Gasteiger partial charge in [0, 0.05) is 0 Å². The molecule has 0 saturated heterocycles. The van der Waals surface area contributed by atoms with Crippen molar-refractivity contribution in [3.05, 3.63) is 83.9 Å². The van der Waals surface area contributed by atoms with E-state index < -0.39 is 18.1 Å². The van der Waals surface area contributed by atoms with Crippen LogP contribution < -0.4 is 5.32 Å². The summed E-state index contributed by atoms with van der Waals surface area (Å²) in [5, 5.41) is 13.8. The van der Waals surface area contributed by atoms with E-state index in [4.69, 9.17) is 4.74 Å². The van der Waals surface area contributed by atoms with Crippen molar-refractivity contribution in [2.24, 2.45) is 0 Å². The summed E-state index contributed by atoms with van der Waals surface area (Å²) in [6, 6.07) is 20.9. The van der Waals surface area contributed by atoms with Crippen LogP contribution in [0.2, 0.25) is 0 Å². The van der Waals surface area contributed by atoms with Gasteiger partial charge in [-0.3, -0.25) is 0 Å². The van der Waals surface area contributed by atoms with Crippen LogP contribution in [0.25, 0.3) is 10.8 Å². The summed E-state index contributed by atoms with van der Waals surface area (Å²) >= 11 is 0. The Labute approximate surface area is 144 Å². The molecule has 0 spiro atoms. The number of amides is 1. The molecule has 1 atom stereocenters. The Bertz CT molecular complexity index is 892. The van der Waals surface area contributed by atoms with Crippen molar-refractivity contribution in [1.82, 2.24) is 5.32 Å². The Morgan fingerprint density at radius 3 is 2.32 bits per heavy atom. The fraction of sp³-hybridized carbons (Fsp3) is 0.100. The fourth-order valence-corrected chi connectivity index (χ4v) is 2.56.